The fourth-order valence-corrected chi connectivity index (χ4v) is 4.47. The summed E-state index contributed by atoms with van der Waals surface area (Å²) >= 11 is 5.78. The van der Waals surface area contributed by atoms with Gasteiger partial charge in [-0.15, -0.1) is 0 Å². The number of carbonyl (C=O) groups is 1. The van der Waals surface area contributed by atoms with Gasteiger partial charge in [0.25, 0.3) is 0 Å². The second kappa shape index (κ2) is 9.71. The van der Waals surface area contributed by atoms with Crippen LogP contribution in [0.25, 0.3) is 0 Å². The van der Waals surface area contributed by atoms with Gasteiger partial charge in [-0.25, -0.2) is 8.42 Å². The molecule has 0 aliphatic carbocycles. The van der Waals surface area contributed by atoms with Crippen molar-refractivity contribution in [1.29, 1.82) is 0 Å². The van der Waals surface area contributed by atoms with Gasteiger partial charge in [-0.1, -0.05) is 35.9 Å². The van der Waals surface area contributed by atoms with E-state index in [9.17, 15) is 13.2 Å². The Balaban J connectivity index is 1.48. The lowest BCUT2D eigenvalue weighted by atomic mass is 10.1. The average molecular weight is 436 g/mol. The Morgan fingerprint density at radius 1 is 0.966 bits per heavy atom. The highest BCUT2D eigenvalue weighted by Crippen LogP contribution is 2.15. The number of halogens is 1. The van der Waals surface area contributed by atoms with Crippen LogP contribution in [-0.2, 0) is 27.7 Å². The predicted molar refractivity (Wildman–Crippen MR) is 115 cm³/mol. The smallest absolute Gasteiger partial charge is 0.235 e. The Kier molecular flexibility index (Phi) is 7.29. The first-order chi connectivity index (χ1) is 13.8. The SMILES string of the molecule is CN1CCN(Cc2ccc(CNC(=O)CS(=O)(=O)c3ccc(Cl)cc3)cc2)CC1. The quantitative estimate of drug-likeness (QED) is 0.721. The summed E-state index contributed by atoms with van der Waals surface area (Å²) in [6.45, 7) is 5.52. The van der Waals surface area contributed by atoms with E-state index in [-0.39, 0.29) is 4.90 Å². The average Bonchev–Trinajstić information content (AvgIpc) is 2.69. The van der Waals surface area contributed by atoms with E-state index in [1.165, 1.54) is 29.8 Å². The van der Waals surface area contributed by atoms with Gasteiger partial charge in [0, 0.05) is 44.3 Å². The minimum absolute atomic E-state index is 0.0882. The summed E-state index contributed by atoms with van der Waals surface area (Å²) in [7, 11) is -1.55. The molecular weight excluding hydrogens is 410 g/mol. The summed E-state index contributed by atoms with van der Waals surface area (Å²) in [6.07, 6.45) is 0. The summed E-state index contributed by atoms with van der Waals surface area (Å²) in [6, 6.07) is 13.9. The molecule has 1 saturated heterocycles. The van der Waals surface area contributed by atoms with Gasteiger partial charge in [0.2, 0.25) is 5.91 Å². The Morgan fingerprint density at radius 3 is 2.17 bits per heavy atom. The van der Waals surface area contributed by atoms with Gasteiger partial charge in [-0.2, -0.15) is 0 Å². The number of nitrogens with one attached hydrogen (secondary N) is 1. The molecule has 1 fully saturated rings. The van der Waals surface area contributed by atoms with E-state index >= 15 is 0 Å². The Hall–Kier alpha value is -1.93. The highest BCUT2D eigenvalue weighted by atomic mass is 35.5. The number of piperazine rings is 1. The maximum Gasteiger partial charge on any atom is 0.235 e. The molecule has 6 nitrogen and oxygen atoms in total. The van der Waals surface area contributed by atoms with E-state index in [2.05, 4.69) is 34.3 Å². The van der Waals surface area contributed by atoms with Crippen molar-refractivity contribution in [3.8, 4) is 0 Å². The maximum absolute atomic E-state index is 12.3. The highest BCUT2D eigenvalue weighted by Gasteiger charge is 2.19. The summed E-state index contributed by atoms with van der Waals surface area (Å²) in [5, 5.41) is 3.13. The summed E-state index contributed by atoms with van der Waals surface area (Å²) in [5.41, 5.74) is 2.17. The fraction of sp³-hybridized carbons (Fsp3) is 0.381. The van der Waals surface area contributed by atoms with Crippen molar-refractivity contribution >= 4 is 27.3 Å². The van der Waals surface area contributed by atoms with E-state index in [0.717, 1.165) is 38.3 Å². The van der Waals surface area contributed by atoms with Crippen LogP contribution in [-0.4, -0.2) is 63.1 Å². The molecule has 0 spiro atoms. The molecule has 0 aromatic heterocycles. The molecule has 1 amide bonds. The van der Waals surface area contributed by atoms with Gasteiger partial charge in [-0.3, -0.25) is 9.69 Å². The van der Waals surface area contributed by atoms with Crippen molar-refractivity contribution in [2.45, 2.75) is 18.0 Å². The number of amides is 1. The lowest BCUT2D eigenvalue weighted by Gasteiger charge is -2.32. The molecule has 0 saturated carbocycles. The molecule has 0 bridgehead atoms. The molecule has 1 heterocycles. The highest BCUT2D eigenvalue weighted by molar-refractivity contribution is 7.92. The predicted octanol–water partition coefficient (Wildman–Crippen LogP) is 2.18. The van der Waals surface area contributed by atoms with Crippen LogP contribution in [0.4, 0.5) is 0 Å². The maximum atomic E-state index is 12.3. The number of rotatable bonds is 7. The number of hydrogen-bond donors (Lipinski definition) is 1. The molecule has 0 unspecified atom stereocenters. The van der Waals surface area contributed by atoms with Gasteiger partial charge in [0.05, 0.1) is 4.90 Å². The van der Waals surface area contributed by atoms with Crippen LogP contribution >= 0.6 is 11.6 Å². The van der Waals surface area contributed by atoms with Crippen LogP contribution in [0.3, 0.4) is 0 Å². The molecule has 29 heavy (non-hydrogen) atoms. The topological polar surface area (TPSA) is 69.7 Å². The van der Waals surface area contributed by atoms with Crippen molar-refractivity contribution < 1.29 is 13.2 Å². The first kappa shape index (κ1) is 21.8. The van der Waals surface area contributed by atoms with Gasteiger partial charge in [0.1, 0.15) is 5.75 Å². The van der Waals surface area contributed by atoms with Crippen molar-refractivity contribution in [2.24, 2.45) is 0 Å². The van der Waals surface area contributed by atoms with Crippen LogP contribution in [0.15, 0.2) is 53.4 Å². The number of benzene rings is 2. The number of hydrogen-bond acceptors (Lipinski definition) is 5. The molecule has 2 aromatic rings. The molecule has 8 heteroatoms. The van der Waals surface area contributed by atoms with Gasteiger partial charge in [-0.05, 0) is 42.4 Å². The second-order valence-corrected chi connectivity index (χ2v) is 9.81. The molecule has 0 atom stereocenters. The standard InChI is InChI=1S/C21H26ClN3O3S/c1-24-10-12-25(13-11-24)15-18-4-2-17(3-5-18)14-23-21(26)16-29(27,28)20-8-6-19(22)7-9-20/h2-9H,10-16H2,1H3,(H,23,26). The van der Waals surface area contributed by atoms with Crippen molar-refractivity contribution in [3.63, 3.8) is 0 Å². The van der Waals surface area contributed by atoms with Gasteiger partial charge >= 0.3 is 0 Å². The van der Waals surface area contributed by atoms with Gasteiger partial charge < -0.3 is 10.2 Å². The van der Waals surface area contributed by atoms with Gasteiger partial charge in [0.15, 0.2) is 9.84 Å². The lowest BCUT2D eigenvalue weighted by molar-refractivity contribution is -0.118. The molecular formula is C21H26ClN3O3S. The van der Waals surface area contributed by atoms with Crippen molar-refractivity contribution in [3.05, 3.63) is 64.7 Å². The summed E-state index contributed by atoms with van der Waals surface area (Å²) < 4.78 is 24.6. The van der Waals surface area contributed by atoms with Crippen LogP contribution in [0.5, 0.6) is 0 Å². The molecule has 1 N–H and O–H groups in total. The molecule has 156 valence electrons. The van der Waals surface area contributed by atoms with Crippen LogP contribution in [0.2, 0.25) is 5.02 Å². The molecule has 2 aromatic carbocycles. The third-order valence-electron chi connectivity index (χ3n) is 5.01. The molecule has 0 radical (unpaired) electrons. The van der Waals surface area contributed by atoms with Crippen molar-refractivity contribution in [2.75, 3.05) is 39.0 Å². The third kappa shape index (κ3) is 6.54. The summed E-state index contributed by atoms with van der Waals surface area (Å²) in [5.74, 6) is -1.11. The third-order valence-corrected chi connectivity index (χ3v) is 6.89. The molecule has 3 rings (SSSR count). The van der Waals surface area contributed by atoms with Crippen LogP contribution in [0, 0.1) is 0 Å². The van der Waals surface area contributed by atoms with E-state index in [4.69, 9.17) is 11.6 Å². The monoisotopic (exact) mass is 435 g/mol. The number of likely N-dealkylation sites (N-methyl/N-ethyl adjacent to an activating group) is 1. The molecule has 1 aliphatic rings. The molecule has 1 aliphatic heterocycles. The first-order valence-electron chi connectivity index (χ1n) is 9.55. The zero-order valence-corrected chi connectivity index (χ0v) is 18.0. The van der Waals surface area contributed by atoms with Crippen LogP contribution in [0.1, 0.15) is 11.1 Å². The first-order valence-corrected chi connectivity index (χ1v) is 11.6. The van der Waals surface area contributed by atoms with Crippen LogP contribution < -0.4 is 5.32 Å². The van der Waals surface area contributed by atoms with E-state index in [1.54, 1.807) is 0 Å². The normalized spacial score (nSPS) is 15.9. The van der Waals surface area contributed by atoms with E-state index in [1.807, 2.05) is 12.1 Å². The Bertz CT molecular complexity index is 923. The largest absolute Gasteiger partial charge is 0.351 e. The van der Waals surface area contributed by atoms with E-state index < -0.39 is 21.5 Å². The number of carbonyl (C=O) groups excluding carboxylic acids is 1. The number of sulfone groups is 1. The van der Waals surface area contributed by atoms with E-state index in [0.29, 0.717) is 11.6 Å². The second-order valence-electron chi connectivity index (χ2n) is 7.39. The van der Waals surface area contributed by atoms with Crippen molar-refractivity contribution in [1.82, 2.24) is 15.1 Å². The lowest BCUT2D eigenvalue weighted by Crippen LogP contribution is -2.43. The zero-order chi connectivity index (χ0) is 20.9. The minimum atomic E-state index is -3.69. The Morgan fingerprint density at radius 2 is 1.55 bits per heavy atom. The zero-order valence-electron chi connectivity index (χ0n) is 16.5. The Labute approximate surface area is 177 Å². The summed E-state index contributed by atoms with van der Waals surface area (Å²) in [4.78, 5) is 16.9. The minimum Gasteiger partial charge on any atom is -0.351 e. The fourth-order valence-electron chi connectivity index (χ4n) is 3.18. The number of nitrogens with zero attached hydrogens (tertiary/aromatic N) is 2.